The third kappa shape index (κ3) is 4.50. The molecule has 0 aromatic carbocycles. The third-order valence-electron chi connectivity index (χ3n) is 2.27. The minimum atomic E-state index is 0.0698. The Morgan fingerprint density at radius 2 is 2.33 bits per heavy atom. The lowest BCUT2D eigenvalue weighted by Gasteiger charge is -2.04. The van der Waals surface area contributed by atoms with Gasteiger partial charge in [-0.3, -0.25) is 9.78 Å². The number of pyridine rings is 1. The van der Waals surface area contributed by atoms with Crippen molar-refractivity contribution in [1.29, 1.82) is 0 Å². The Kier molecular flexibility index (Phi) is 5.23. The molecule has 0 aliphatic heterocycles. The highest BCUT2D eigenvalue weighted by molar-refractivity contribution is 7.99. The molecule has 1 N–H and O–H groups in total. The fourth-order valence-corrected chi connectivity index (χ4v) is 3.09. The van der Waals surface area contributed by atoms with Crippen LogP contribution in [-0.2, 0) is 17.1 Å². The Hall–Kier alpha value is -1.33. The number of nitrogens with zero attached hydrogens (tertiary/aromatic N) is 1. The van der Waals surface area contributed by atoms with Gasteiger partial charge in [-0.25, -0.2) is 0 Å². The van der Waals surface area contributed by atoms with E-state index in [1.807, 2.05) is 18.2 Å². The summed E-state index contributed by atoms with van der Waals surface area (Å²) in [7, 11) is 0. The summed E-state index contributed by atoms with van der Waals surface area (Å²) in [6.45, 7) is 0.548. The second-order valence-electron chi connectivity index (χ2n) is 3.71. The second kappa shape index (κ2) is 7.18. The Bertz CT molecular complexity index is 471. The van der Waals surface area contributed by atoms with E-state index in [-0.39, 0.29) is 5.91 Å². The number of thioether (sulfide) groups is 1. The van der Waals surface area contributed by atoms with E-state index < -0.39 is 0 Å². The van der Waals surface area contributed by atoms with E-state index >= 15 is 0 Å². The lowest BCUT2D eigenvalue weighted by Crippen LogP contribution is -2.24. The SMILES string of the molecule is O=C(CSCc1cccs1)NCc1cccnc1. The van der Waals surface area contributed by atoms with E-state index in [1.165, 1.54) is 4.88 Å². The summed E-state index contributed by atoms with van der Waals surface area (Å²) < 4.78 is 0. The predicted octanol–water partition coefficient (Wildman–Crippen LogP) is 2.69. The van der Waals surface area contributed by atoms with Crippen molar-refractivity contribution in [3.05, 3.63) is 52.5 Å². The van der Waals surface area contributed by atoms with Gasteiger partial charge in [0.15, 0.2) is 0 Å². The summed E-state index contributed by atoms with van der Waals surface area (Å²) in [5.41, 5.74) is 1.02. The van der Waals surface area contributed by atoms with Crippen molar-refractivity contribution < 1.29 is 4.79 Å². The zero-order valence-electron chi connectivity index (χ0n) is 9.83. The van der Waals surface area contributed by atoms with E-state index in [2.05, 4.69) is 21.7 Å². The van der Waals surface area contributed by atoms with Crippen LogP contribution in [0.2, 0.25) is 0 Å². The van der Waals surface area contributed by atoms with Gasteiger partial charge in [-0.05, 0) is 23.1 Å². The van der Waals surface area contributed by atoms with Crippen molar-refractivity contribution in [1.82, 2.24) is 10.3 Å². The van der Waals surface area contributed by atoms with Crippen LogP contribution in [0.5, 0.6) is 0 Å². The molecule has 0 aliphatic carbocycles. The molecule has 0 fully saturated rings. The first kappa shape index (κ1) is 13.1. The van der Waals surface area contributed by atoms with Gasteiger partial charge >= 0.3 is 0 Å². The number of aromatic nitrogens is 1. The van der Waals surface area contributed by atoms with E-state index in [0.717, 1.165) is 11.3 Å². The molecule has 0 radical (unpaired) electrons. The molecule has 2 aromatic rings. The van der Waals surface area contributed by atoms with Crippen LogP contribution in [0.15, 0.2) is 42.0 Å². The van der Waals surface area contributed by atoms with E-state index in [1.54, 1.807) is 35.5 Å². The number of nitrogens with one attached hydrogen (secondary N) is 1. The van der Waals surface area contributed by atoms with Gasteiger partial charge in [0, 0.05) is 29.6 Å². The molecule has 3 nitrogen and oxygen atoms in total. The molecule has 0 bridgehead atoms. The van der Waals surface area contributed by atoms with Crippen LogP contribution in [0, 0.1) is 0 Å². The van der Waals surface area contributed by atoms with Crippen LogP contribution in [0.25, 0.3) is 0 Å². The number of carbonyl (C=O) groups is 1. The van der Waals surface area contributed by atoms with Crippen LogP contribution >= 0.6 is 23.1 Å². The van der Waals surface area contributed by atoms with Crippen molar-refractivity contribution in [3.63, 3.8) is 0 Å². The quantitative estimate of drug-likeness (QED) is 0.883. The maximum atomic E-state index is 11.6. The summed E-state index contributed by atoms with van der Waals surface area (Å²) in [6.07, 6.45) is 3.49. The summed E-state index contributed by atoms with van der Waals surface area (Å²) in [5.74, 6) is 1.47. The van der Waals surface area contributed by atoms with Crippen molar-refractivity contribution in [2.75, 3.05) is 5.75 Å². The number of carbonyl (C=O) groups excluding carboxylic acids is 1. The smallest absolute Gasteiger partial charge is 0.230 e. The van der Waals surface area contributed by atoms with Crippen molar-refractivity contribution in [3.8, 4) is 0 Å². The highest BCUT2D eigenvalue weighted by Crippen LogP contribution is 2.16. The average Bonchev–Trinajstić information content (AvgIpc) is 2.91. The summed E-state index contributed by atoms with van der Waals surface area (Å²) in [4.78, 5) is 16.9. The summed E-state index contributed by atoms with van der Waals surface area (Å²) in [5, 5.41) is 4.94. The van der Waals surface area contributed by atoms with Crippen molar-refractivity contribution >= 4 is 29.0 Å². The van der Waals surface area contributed by atoms with Crippen molar-refractivity contribution in [2.45, 2.75) is 12.3 Å². The molecule has 0 atom stereocenters. The molecule has 0 aliphatic rings. The highest BCUT2D eigenvalue weighted by atomic mass is 32.2. The van der Waals surface area contributed by atoms with Gasteiger partial charge in [0.05, 0.1) is 5.75 Å². The largest absolute Gasteiger partial charge is 0.351 e. The molecule has 0 saturated heterocycles. The van der Waals surface area contributed by atoms with E-state index in [0.29, 0.717) is 12.3 Å². The van der Waals surface area contributed by atoms with Gasteiger partial charge < -0.3 is 5.32 Å². The maximum absolute atomic E-state index is 11.6. The number of amides is 1. The predicted molar refractivity (Wildman–Crippen MR) is 76.6 cm³/mol. The molecule has 5 heteroatoms. The van der Waals surface area contributed by atoms with E-state index in [4.69, 9.17) is 0 Å². The van der Waals surface area contributed by atoms with Gasteiger partial charge in [-0.15, -0.1) is 23.1 Å². The molecular formula is C13H14N2OS2. The molecule has 0 saturated carbocycles. The lowest BCUT2D eigenvalue weighted by atomic mass is 10.3. The summed E-state index contributed by atoms with van der Waals surface area (Å²) in [6, 6.07) is 7.94. The highest BCUT2D eigenvalue weighted by Gasteiger charge is 2.02. The van der Waals surface area contributed by atoms with Gasteiger partial charge in [-0.1, -0.05) is 12.1 Å². The minimum Gasteiger partial charge on any atom is -0.351 e. The standard InChI is InChI=1S/C13H14N2OS2/c16-13(10-17-9-12-4-2-6-18-12)15-8-11-3-1-5-14-7-11/h1-7H,8-10H2,(H,15,16). The van der Waals surface area contributed by atoms with Crippen LogP contribution < -0.4 is 5.32 Å². The van der Waals surface area contributed by atoms with Crippen LogP contribution in [0.4, 0.5) is 0 Å². The van der Waals surface area contributed by atoms with Crippen LogP contribution in [0.3, 0.4) is 0 Å². The molecule has 0 unspecified atom stereocenters. The molecule has 2 heterocycles. The topological polar surface area (TPSA) is 42.0 Å². The lowest BCUT2D eigenvalue weighted by molar-refractivity contribution is -0.118. The number of hydrogen-bond acceptors (Lipinski definition) is 4. The average molecular weight is 278 g/mol. The van der Waals surface area contributed by atoms with Gasteiger partial charge in [0.2, 0.25) is 5.91 Å². The molecule has 1 amide bonds. The van der Waals surface area contributed by atoms with Gasteiger partial charge in [0.25, 0.3) is 0 Å². The Morgan fingerprint density at radius 1 is 1.39 bits per heavy atom. The van der Waals surface area contributed by atoms with Crippen molar-refractivity contribution in [2.24, 2.45) is 0 Å². The normalized spacial score (nSPS) is 10.2. The van der Waals surface area contributed by atoms with Gasteiger partial charge in [-0.2, -0.15) is 0 Å². The Labute approximate surface area is 115 Å². The first-order chi connectivity index (χ1) is 8.84. The fourth-order valence-electron chi connectivity index (χ4n) is 1.39. The molecule has 94 valence electrons. The molecule has 2 aromatic heterocycles. The number of thiophene rings is 1. The monoisotopic (exact) mass is 278 g/mol. The molecule has 0 spiro atoms. The molecule has 2 rings (SSSR count). The first-order valence-electron chi connectivity index (χ1n) is 5.60. The zero-order valence-corrected chi connectivity index (χ0v) is 11.5. The number of hydrogen-bond donors (Lipinski definition) is 1. The zero-order chi connectivity index (χ0) is 12.6. The fraction of sp³-hybridized carbons (Fsp3) is 0.231. The first-order valence-corrected chi connectivity index (χ1v) is 7.64. The Morgan fingerprint density at radius 3 is 3.06 bits per heavy atom. The third-order valence-corrected chi connectivity index (χ3v) is 4.31. The molecular weight excluding hydrogens is 264 g/mol. The maximum Gasteiger partial charge on any atom is 0.230 e. The minimum absolute atomic E-state index is 0.0698. The molecule has 18 heavy (non-hydrogen) atoms. The second-order valence-corrected chi connectivity index (χ2v) is 5.73. The van der Waals surface area contributed by atoms with Gasteiger partial charge in [0.1, 0.15) is 0 Å². The number of rotatable bonds is 6. The summed E-state index contributed by atoms with van der Waals surface area (Å²) >= 11 is 3.36. The van der Waals surface area contributed by atoms with Crippen LogP contribution in [0.1, 0.15) is 10.4 Å². The van der Waals surface area contributed by atoms with Crippen LogP contribution in [-0.4, -0.2) is 16.6 Å². The van der Waals surface area contributed by atoms with E-state index in [9.17, 15) is 4.79 Å². The Balaban J connectivity index is 1.63.